The maximum atomic E-state index is 12.4. The Balaban J connectivity index is 1.50. The van der Waals surface area contributed by atoms with Gasteiger partial charge in [0.2, 0.25) is 5.95 Å². The molecule has 0 saturated heterocycles. The summed E-state index contributed by atoms with van der Waals surface area (Å²) in [7, 11) is 0. The van der Waals surface area contributed by atoms with Crippen LogP contribution in [0.3, 0.4) is 0 Å². The van der Waals surface area contributed by atoms with Gasteiger partial charge in [-0.2, -0.15) is 5.26 Å². The summed E-state index contributed by atoms with van der Waals surface area (Å²) in [5.41, 5.74) is 2.91. The highest BCUT2D eigenvalue weighted by Gasteiger charge is 2.09. The largest absolute Gasteiger partial charge is 0.322 e. The van der Waals surface area contributed by atoms with E-state index in [0.717, 1.165) is 16.6 Å². The fourth-order valence-corrected chi connectivity index (χ4v) is 2.71. The van der Waals surface area contributed by atoms with E-state index < -0.39 is 0 Å². The van der Waals surface area contributed by atoms with Gasteiger partial charge >= 0.3 is 0 Å². The van der Waals surface area contributed by atoms with E-state index in [2.05, 4.69) is 25.6 Å². The maximum Gasteiger partial charge on any atom is 0.258 e. The number of hydrogen-bond acceptors (Lipinski definition) is 6. The summed E-state index contributed by atoms with van der Waals surface area (Å²) in [6, 6.07) is 18.4. The first kappa shape index (κ1) is 17.1. The Morgan fingerprint density at radius 3 is 2.57 bits per heavy atom. The normalized spacial score (nSPS) is 10.2. The molecule has 2 aromatic heterocycles. The van der Waals surface area contributed by atoms with Gasteiger partial charge in [0.1, 0.15) is 0 Å². The van der Waals surface area contributed by atoms with Crippen LogP contribution in [0.2, 0.25) is 0 Å². The lowest BCUT2D eigenvalue weighted by atomic mass is 10.2. The number of anilines is 3. The number of nitrogens with one attached hydrogen (secondary N) is 2. The van der Waals surface area contributed by atoms with Crippen LogP contribution < -0.4 is 10.6 Å². The quantitative estimate of drug-likeness (QED) is 0.568. The van der Waals surface area contributed by atoms with E-state index in [-0.39, 0.29) is 5.91 Å². The summed E-state index contributed by atoms with van der Waals surface area (Å²) in [6.07, 6.45) is 4.61. The number of aromatic nitrogens is 3. The van der Waals surface area contributed by atoms with Crippen LogP contribution in [0.25, 0.3) is 10.9 Å². The number of pyridine rings is 1. The third kappa shape index (κ3) is 3.61. The lowest BCUT2D eigenvalue weighted by molar-refractivity contribution is 0.102. The monoisotopic (exact) mass is 366 g/mol. The zero-order valence-corrected chi connectivity index (χ0v) is 14.6. The Morgan fingerprint density at radius 2 is 1.75 bits per heavy atom. The van der Waals surface area contributed by atoms with Gasteiger partial charge in [0.05, 0.1) is 28.4 Å². The minimum atomic E-state index is -0.353. The first-order valence-electron chi connectivity index (χ1n) is 8.47. The van der Waals surface area contributed by atoms with E-state index in [0.29, 0.717) is 22.8 Å². The average molecular weight is 366 g/mol. The van der Waals surface area contributed by atoms with Crippen LogP contribution in [0.1, 0.15) is 15.9 Å². The molecule has 4 aromatic rings. The molecule has 4 rings (SSSR count). The van der Waals surface area contributed by atoms with Crippen LogP contribution in [0, 0.1) is 11.3 Å². The molecule has 0 spiro atoms. The third-order valence-electron chi connectivity index (χ3n) is 4.04. The van der Waals surface area contributed by atoms with Crippen LogP contribution in [-0.2, 0) is 0 Å². The molecule has 0 unspecified atom stereocenters. The second-order valence-electron chi connectivity index (χ2n) is 5.95. The minimum absolute atomic E-state index is 0.309. The lowest BCUT2D eigenvalue weighted by Crippen LogP contribution is -2.13. The van der Waals surface area contributed by atoms with Crippen molar-refractivity contribution >= 4 is 34.1 Å². The summed E-state index contributed by atoms with van der Waals surface area (Å²) in [5.74, 6) is 0.00893. The van der Waals surface area contributed by atoms with Crippen molar-refractivity contribution in [3.8, 4) is 6.07 Å². The van der Waals surface area contributed by atoms with Crippen molar-refractivity contribution in [2.75, 3.05) is 10.6 Å². The van der Waals surface area contributed by atoms with E-state index in [1.165, 1.54) is 12.4 Å². The van der Waals surface area contributed by atoms with Crippen molar-refractivity contribution in [1.82, 2.24) is 15.0 Å². The fourth-order valence-electron chi connectivity index (χ4n) is 2.71. The van der Waals surface area contributed by atoms with Crippen molar-refractivity contribution in [2.24, 2.45) is 0 Å². The number of hydrogen-bond donors (Lipinski definition) is 2. The molecule has 0 aliphatic carbocycles. The number of nitriles is 1. The highest BCUT2D eigenvalue weighted by Crippen LogP contribution is 2.23. The van der Waals surface area contributed by atoms with E-state index >= 15 is 0 Å². The van der Waals surface area contributed by atoms with Crippen LogP contribution >= 0.6 is 0 Å². The summed E-state index contributed by atoms with van der Waals surface area (Å²) >= 11 is 0. The second-order valence-corrected chi connectivity index (χ2v) is 5.95. The molecule has 7 nitrogen and oxygen atoms in total. The number of rotatable bonds is 4. The van der Waals surface area contributed by atoms with Crippen molar-refractivity contribution in [2.45, 2.75) is 0 Å². The zero-order chi connectivity index (χ0) is 19.3. The first-order chi connectivity index (χ1) is 13.7. The predicted octanol–water partition coefficient (Wildman–Crippen LogP) is 3.89. The smallest absolute Gasteiger partial charge is 0.258 e. The van der Waals surface area contributed by atoms with Crippen LogP contribution in [0.5, 0.6) is 0 Å². The number of benzene rings is 2. The Bertz CT molecular complexity index is 1190. The van der Waals surface area contributed by atoms with Gasteiger partial charge in [-0.05, 0) is 30.3 Å². The number of amides is 1. The molecule has 1 amide bonds. The number of fused-ring (bicyclic) bond motifs is 1. The summed E-state index contributed by atoms with van der Waals surface area (Å²) < 4.78 is 0. The van der Waals surface area contributed by atoms with Gasteiger partial charge in [-0.15, -0.1) is 0 Å². The molecule has 0 radical (unpaired) electrons. The molecule has 0 atom stereocenters. The van der Waals surface area contributed by atoms with Gasteiger partial charge in [-0.25, -0.2) is 9.97 Å². The van der Waals surface area contributed by atoms with Crippen molar-refractivity contribution in [3.05, 3.63) is 84.3 Å². The second kappa shape index (κ2) is 7.51. The highest BCUT2D eigenvalue weighted by molar-refractivity contribution is 6.04. The Kier molecular flexibility index (Phi) is 4.59. The van der Waals surface area contributed by atoms with E-state index in [4.69, 9.17) is 5.26 Å². The molecule has 0 aliphatic rings. The molecule has 2 aromatic carbocycles. The summed E-state index contributed by atoms with van der Waals surface area (Å²) in [5, 5.41) is 15.8. The minimum Gasteiger partial charge on any atom is -0.322 e. The van der Waals surface area contributed by atoms with Crippen LogP contribution in [0.4, 0.5) is 17.3 Å². The number of nitrogens with zero attached hydrogens (tertiary/aromatic N) is 4. The van der Waals surface area contributed by atoms with Gasteiger partial charge in [0, 0.05) is 29.7 Å². The molecule has 28 heavy (non-hydrogen) atoms. The highest BCUT2D eigenvalue weighted by atomic mass is 16.1. The molecule has 7 heteroatoms. The Morgan fingerprint density at radius 1 is 0.964 bits per heavy atom. The SMILES string of the molecule is N#Cc1cccc(NC(=O)c2cnc(Nc3cccc4cccnc34)nc2)c1. The third-order valence-corrected chi connectivity index (χ3v) is 4.04. The number of carbonyl (C=O) groups excluding carboxylic acids is 1. The molecular weight excluding hydrogens is 352 g/mol. The molecule has 134 valence electrons. The predicted molar refractivity (Wildman–Crippen MR) is 106 cm³/mol. The zero-order valence-electron chi connectivity index (χ0n) is 14.6. The molecule has 0 aliphatic heterocycles. The molecular formula is C21H14N6O. The van der Waals surface area contributed by atoms with Gasteiger partial charge in [-0.3, -0.25) is 9.78 Å². The van der Waals surface area contributed by atoms with E-state index in [1.54, 1.807) is 30.5 Å². The van der Waals surface area contributed by atoms with E-state index in [1.807, 2.05) is 36.4 Å². The summed E-state index contributed by atoms with van der Waals surface area (Å²) in [6.45, 7) is 0. The molecule has 0 saturated carbocycles. The Hall–Kier alpha value is -4.31. The molecule has 2 heterocycles. The van der Waals surface area contributed by atoms with Gasteiger partial charge in [0.15, 0.2) is 0 Å². The number of para-hydroxylation sites is 1. The molecule has 0 fully saturated rings. The molecule has 2 N–H and O–H groups in total. The number of carbonyl (C=O) groups is 1. The summed E-state index contributed by atoms with van der Waals surface area (Å²) in [4.78, 5) is 25.2. The van der Waals surface area contributed by atoms with E-state index in [9.17, 15) is 4.79 Å². The topological polar surface area (TPSA) is 104 Å². The van der Waals surface area contributed by atoms with Crippen LogP contribution in [-0.4, -0.2) is 20.9 Å². The lowest BCUT2D eigenvalue weighted by Gasteiger charge is -2.08. The molecule has 0 bridgehead atoms. The Labute approximate surface area is 160 Å². The fraction of sp³-hybridized carbons (Fsp3) is 0. The standard InChI is InChI=1S/C21H14N6O/c22-11-14-4-1-7-17(10-14)26-20(28)16-12-24-21(25-13-16)27-18-8-2-5-15-6-3-9-23-19(15)18/h1-10,12-13H,(H,26,28)(H,24,25,27). The maximum absolute atomic E-state index is 12.4. The van der Waals surface area contributed by atoms with Crippen molar-refractivity contribution in [3.63, 3.8) is 0 Å². The average Bonchev–Trinajstić information content (AvgIpc) is 2.74. The first-order valence-corrected chi connectivity index (χ1v) is 8.47. The van der Waals surface area contributed by atoms with Crippen molar-refractivity contribution < 1.29 is 4.79 Å². The van der Waals surface area contributed by atoms with Crippen LogP contribution in [0.15, 0.2) is 73.2 Å². The van der Waals surface area contributed by atoms with Gasteiger partial charge in [0.25, 0.3) is 5.91 Å². The van der Waals surface area contributed by atoms with Gasteiger partial charge in [-0.1, -0.05) is 24.3 Å². The van der Waals surface area contributed by atoms with Gasteiger partial charge < -0.3 is 10.6 Å². The van der Waals surface area contributed by atoms with Crippen molar-refractivity contribution in [1.29, 1.82) is 5.26 Å².